The maximum Gasteiger partial charge on any atom is 1.00 e. The molecular weight excluding hydrogens is 127 g/mol. The molecule has 0 aromatic heterocycles. The molecule has 0 amide bonds. The number of rotatable bonds is 0. The van der Waals surface area contributed by atoms with Gasteiger partial charge in [-0.05, 0) is 0 Å². The summed E-state index contributed by atoms with van der Waals surface area (Å²) in [6.07, 6.45) is 0. The van der Waals surface area contributed by atoms with E-state index in [-0.39, 0.29) is 43.1 Å². The molecule has 0 atom stereocenters. The minimum Gasteiger partial charge on any atom is -0.184 e. The molecule has 0 saturated carbocycles. The summed E-state index contributed by atoms with van der Waals surface area (Å²) in [5, 5.41) is 0. The van der Waals surface area contributed by atoms with Crippen LogP contribution in [-0.2, 0) is 13.5 Å². The molecule has 0 aliphatic rings. The van der Waals surface area contributed by atoms with Crippen molar-refractivity contribution in [3.8, 4) is 0 Å². The van der Waals surface area contributed by atoms with Gasteiger partial charge in [-0.2, -0.15) is 36.4 Å². The molecule has 1 aromatic carbocycles. The molecule has 0 bridgehead atoms. The normalized spacial score (nSPS) is 6.00. The van der Waals surface area contributed by atoms with Gasteiger partial charge in [-0.25, -0.2) is 0 Å². The molecule has 8 heavy (non-hydrogen) atoms. The van der Waals surface area contributed by atoms with Crippen LogP contribution in [0.15, 0.2) is 30.3 Å². The summed E-state index contributed by atoms with van der Waals surface area (Å²) in [5.74, 6) is 0. The van der Waals surface area contributed by atoms with Gasteiger partial charge in [-0.3, -0.25) is 0 Å². The van der Waals surface area contributed by atoms with E-state index in [4.69, 9.17) is 0 Å². The number of benzene rings is 1. The summed E-state index contributed by atoms with van der Waals surface area (Å²) in [6.45, 7) is 0. The van der Waals surface area contributed by atoms with E-state index in [0.29, 0.717) is 0 Å². The molecule has 0 heterocycles. The topological polar surface area (TPSA) is 0 Å². The van der Waals surface area contributed by atoms with Crippen LogP contribution < -0.4 is 29.6 Å². The largest absolute Gasteiger partial charge is 1.00 e. The zero-order chi connectivity index (χ0) is 4.24. The first-order valence-corrected chi connectivity index (χ1v) is 1.91. The zero-order valence-electron chi connectivity index (χ0n) is 4.96. The van der Waals surface area contributed by atoms with Crippen molar-refractivity contribution in [1.29, 1.82) is 0 Å². The SMILES string of the molecule is [Na+].[SH3+].[c-]1ccccc1. The van der Waals surface area contributed by atoms with Crippen molar-refractivity contribution in [3.05, 3.63) is 36.4 Å². The summed E-state index contributed by atoms with van der Waals surface area (Å²) in [5.41, 5.74) is 0. The van der Waals surface area contributed by atoms with Crippen molar-refractivity contribution in [2.75, 3.05) is 0 Å². The van der Waals surface area contributed by atoms with Crippen LogP contribution in [0.25, 0.3) is 0 Å². The van der Waals surface area contributed by atoms with Crippen LogP contribution in [0.4, 0.5) is 0 Å². The van der Waals surface area contributed by atoms with E-state index in [1.165, 1.54) is 0 Å². The van der Waals surface area contributed by atoms with E-state index in [0.717, 1.165) is 0 Å². The van der Waals surface area contributed by atoms with Gasteiger partial charge in [0.15, 0.2) is 0 Å². The van der Waals surface area contributed by atoms with Crippen molar-refractivity contribution in [2.24, 2.45) is 0 Å². The van der Waals surface area contributed by atoms with Crippen LogP contribution in [-0.4, -0.2) is 0 Å². The van der Waals surface area contributed by atoms with Crippen molar-refractivity contribution >= 4 is 13.5 Å². The van der Waals surface area contributed by atoms with Gasteiger partial charge in [-0.15, -0.1) is 0 Å². The van der Waals surface area contributed by atoms with Gasteiger partial charge >= 0.3 is 29.6 Å². The summed E-state index contributed by atoms with van der Waals surface area (Å²) >= 11 is 0. The second-order valence-corrected chi connectivity index (χ2v) is 1.08. The molecule has 0 spiro atoms. The predicted octanol–water partition coefficient (Wildman–Crippen LogP) is -2.31. The average Bonchev–Trinajstić information content (AvgIpc) is 1.72. The molecule has 38 valence electrons. The minimum absolute atomic E-state index is 0. The third-order valence-corrected chi connectivity index (χ3v) is 0.607. The molecule has 1 rings (SSSR count). The van der Waals surface area contributed by atoms with Gasteiger partial charge < -0.3 is 0 Å². The summed E-state index contributed by atoms with van der Waals surface area (Å²) in [4.78, 5) is 0. The summed E-state index contributed by atoms with van der Waals surface area (Å²) in [7, 11) is 0. The Kier molecular flexibility index (Phi) is 10.8. The van der Waals surface area contributed by atoms with Crippen molar-refractivity contribution in [1.82, 2.24) is 0 Å². The molecular formula is C6H8NaS+. The van der Waals surface area contributed by atoms with Gasteiger partial charge in [0.2, 0.25) is 0 Å². The first-order chi connectivity index (χ1) is 3.00. The van der Waals surface area contributed by atoms with Crippen LogP contribution >= 0.6 is 0 Å². The Morgan fingerprint density at radius 1 is 0.875 bits per heavy atom. The van der Waals surface area contributed by atoms with Gasteiger partial charge in [0, 0.05) is 0 Å². The van der Waals surface area contributed by atoms with Gasteiger partial charge in [-0.1, -0.05) is 13.5 Å². The standard InChI is InChI=1S/C6H5.Na.H2S/c1-2-4-6-5-3-1;;/h1-5H;;1H2/q-1;+1;/p+1. The molecule has 1 aromatic rings. The zero-order valence-corrected chi connectivity index (χ0v) is 8.12. The quantitative estimate of drug-likeness (QED) is 0.213. The molecule has 0 nitrogen and oxygen atoms in total. The molecule has 0 fully saturated rings. The summed E-state index contributed by atoms with van der Waals surface area (Å²) in [6, 6.07) is 12.5. The second kappa shape index (κ2) is 7.57. The van der Waals surface area contributed by atoms with Gasteiger partial charge in [0.05, 0.1) is 0 Å². The van der Waals surface area contributed by atoms with Crippen LogP contribution in [0.2, 0.25) is 0 Å². The fraction of sp³-hybridized carbons (Fsp3) is 0. The molecule has 0 radical (unpaired) electrons. The van der Waals surface area contributed by atoms with E-state index < -0.39 is 0 Å². The van der Waals surface area contributed by atoms with E-state index >= 15 is 0 Å². The van der Waals surface area contributed by atoms with Crippen molar-refractivity contribution in [2.45, 2.75) is 0 Å². The van der Waals surface area contributed by atoms with Crippen molar-refractivity contribution < 1.29 is 29.6 Å². The molecule has 0 N–H and O–H groups in total. The van der Waals surface area contributed by atoms with E-state index in [1.54, 1.807) is 0 Å². The Balaban J connectivity index is 0. The average molecular weight is 135 g/mol. The Morgan fingerprint density at radius 3 is 1.50 bits per heavy atom. The Bertz CT molecular complexity index is 80.5. The number of hydrogen-bond donors (Lipinski definition) is 0. The predicted molar refractivity (Wildman–Crippen MR) is 36.8 cm³/mol. The Hall–Kier alpha value is 0.570. The van der Waals surface area contributed by atoms with Crippen LogP contribution in [0.1, 0.15) is 0 Å². The molecule has 0 aliphatic heterocycles. The van der Waals surface area contributed by atoms with E-state index in [9.17, 15) is 0 Å². The Labute approximate surface area is 79.0 Å². The molecule has 0 unspecified atom stereocenters. The van der Waals surface area contributed by atoms with Crippen LogP contribution in [0.3, 0.4) is 0 Å². The minimum atomic E-state index is 0. The van der Waals surface area contributed by atoms with Crippen LogP contribution in [0.5, 0.6) is 0 Å². The Morgan fingerprint density at radius 2 is 1.38 bits per heavy atom. The fourth-order valence-electron chi connectivity index (χ4n) is 0.342. The first kappa shape index (κ1) is 11.4. The molecule has 0 aliphatic carbocycles. The van der Waals surface area contributed by atoms with Crippen molar-refractivity contribution in [3.63, 3.8) is 0 Å². The second-order valence-electron chi connectivity index (χ2n) is 1.08. The van der Waals surface area contributed by atoms with E-state index in [2.05, 4.69) is 6.07 Å². The van der Waals surface area contributed by atoms with E-state index in [1.807, 2.05) is 30.3 Å². The van der Waals surface area contributed by atoms with Gasteiger partial charge in [0.25, 0.3) is 0 Å². The maximum atomic E-state index is 2.89. The first-order valence-electron chi connectivity index (χ1n) is 1.91. The third-order valence-electron chi connectivity index (χ3n) is 0.607. The summed E-state index contributed by atoms with van der Waals surface area (Å²) < 4.78 is 0. The fourth-order valence-corrected chi connectivity index (χ4v) is 0.342. The smallest absolute Gasteiger partial charge is 0.184 e. The molecule has 0 saturated heterocycles. The van der Waals surface area contributed by atoms with Gasteiger partial charge in [0.1, 0.15) is 0 Å². The molecule has 2 heteroatoms. The van der Waals surface area contributed by atoms with Crippen LogP contribution in [0, 0.1) is 6.07 Å². The third kappa shape index (κ3) is 4.72. The number of hydrogen-bond acceptors (Lipinski definition) is 0. The maximum absolute atomic E-state index is 2.89. The monoisotopic (exact) mass is 135 g/mol.